The molecule has 3 heterocycles. The van der Waals surface area contributed by atoms with Crippen LogP contribution in [0.15, 0.2) is 18.3 Å². The SMILES string of the molecule is CCOCc1nnc2n1CCN(Cc1cccnc1OC)C(C)C2. The number of rotatable bonds is 6. The van der Waals surface area contributed by atoms with Gasteiger partial charge >= 0.3 is 0 Å². The van der Waals surface area contributed by atoms with Crippen molar-refractivity contribution in [3.8, 4) is 5.88 Å². The van der Waals surface area contributed by atoms with Crippen molar-refractivity contribution in [3.63, 3.8) is 0 Å². The minimum atomic E-state index is 0.375. The molecule has 130 valence electrons. The molecule has 0 amide bonds. The Morgan fingerprint density at radius 3 is 2.96 bits per heavy atom. The van der Waals surface area contributed by atoms with Gasteiger partial charge in [-0.2, -0.15) is 0 Å². The van der Waals surface area contributed by atoms with Crippen LogP contribution >= 0.6 is 0 Å². The van der Waals surface area contributed by atoms with Crippen molar-refractivity contribution >= 4 is 0 Å². The molecule has 1 unspecified atom stereocenters. The Morgan fingerprint density at radius 2 is 2.17 bits per heavy atom. The summed E-state index contributed by atoms with van der Waals surface area (Å²) in [5.41, 5.74) is 1.11. The van der Waals surface area contributed by atoms with Crippen molar-refractivity contribution in [2.75, 3.05) is 20.3 Å². The van der Waals surface area contributed by atoms with Gasteiger partial charge in [-0.25, -0.2) is 4.98 Å². The highest BCUT2D eigenvalue weighted by molar-refractivity contribution is 5.25. The number of fused-ring (bicyclic) bond motifs is 1. The van der Waals surface area contributed by atoms with Gasteiger partial charge in [-0.05, 0) is 19.9 Å². The average molecular weight is 331 g/mol. The van der Waals surface area contributed by atoms with Crippen LogP contribution in [-0.2, 0) is 30.9 Å². The van der Waals surface area contributed by atoms with Crippen LogP contribution in [0.25, 0.3) is 0 Å². The van der Waals surface area contributed by atoms with Crippen molar-refractivity contribution in [3.05, 3.63) is 35.5 Å². The molecule has 24 heavy (non-hydrogen) atoms. The monoisotopic (exact) mass is 331 g/mol. The molecule has 0 radical (unpaired) electrons. The first-order valence-corrected chi connectivity index (χ1v) is 8.43. The number of hydrogen-bond acceptors (Lipinski definition) is 6. The summed E-state index contributed by atoms with van der Waals surface area (Å²) in [5, 5.41) is 8.65. The molecule has 1 aliphatic heterocycles. The van der Waals surface area contributed by atoms with Crippen molar-refractivity contribution in [2.24, 2.45) is 0 Å². The van der Waals surface area contributed by atoms with E-state index in [0.29, 0.717) is 25.1 Å². The molecule has 0 aromatic carbocycles. The third kappa shape index (κ3) is 3.57. The van der Waals surface area contributed by atoms with E-state index < -0.39 is 0 Å². The standard InChI is InChI=1S/C17H25N5O2/c1-4-24-12-16-20-19-15-10-13(2)21(8-9-22(15)16)11-14-6-5-7-18-17(14)23-3/h5-7,13H,4,8-12H2,1-3H3. The summed E-state index contributed by atoms with van der Waals surface area (Å²) in [6.45, 7) is 8.05. The van der Waals surface area contributed by atoms with Gasteiger partial charge in [-0.1, -0.05) is 6.07 Å². The Balaban J connectivity index is 1.73. The first-order valence-electron chi connectivity index (χ1n) is 8.43. The molecule has 3 rings (SSSR count). The lowest BCUT2D eigenvalue weighted by Crippen LogP contribution is -2.34. The highest BCUT2D eigenvalue weighted by atomic mass is 16.5. The van der Waals surface area contributed by atoms with Crippen LogP contribution in [-0.4, -0.2) is 51.0 Å². The molecule has 2 aromatic heterocycles. The van der Waals surface area contributed by atoms with Crippen LogP contribution < -0.4 is 4.74 Å². The number of hydrogen-bond donors (Lipinski definition) is 0. The number of nitrogens with zero attached hydrogens (tertiary/aromatic N) is 5. The zero-order valence-electron chi connectivity index (χ0n) is 14.6. The maximum Gasteiger partial charge on any atom is 0.217 e. The lowest BCUT2D eigenvalue weighted by Gasteiger charge is -2.26. The maximum atomic E-state index is 5.50. The predicted molar refractivity (Wildman–Crippen MR) is 89.7 cm³/mol. The summed E-state index contributed by atoms with van der Waals surface area (Å²) >= 11 is 0. The molecule has 1 aliphatic rings. The van der Waals surface area contributed by atoms with E-state index in [1.54, 1.807) is 13.3 Å². The Morgan fingerprint density at radius 1 is 1.29 bits per heavy atom. The molecule has 0 fully saturated rings. The highest BCUT2D eigenvalue weighted by Crippen LogP contribution is 2.21. The molecule has 2 aromatic rings. The molecule has 0 saturated carbocycles. The summed E-state index contributed by atoms with van der Waals surface area (Å²) in [5.74, 6) is 2.66. The molecular weight excluding hydrogens is 306 g/mol. The fourth-order valence-corrected chi connectivity index (χ4v) is 3.11. The van der Waals surface area contributed by atoms with E-state index in [4.69, 9.17) is 9.47 Å². The lowest BCUT2D eigenvalue weighted by atomic mass is 10.1. The van der Waals surface area contributed by atoms with Gasteiger partial charge in [0, 0.05) is 50.5 Å². The third-order valence-corrected chi connectivity index (χ3v) is 4.47. The van der Waals surface area contributed by atoms with Gasteiger partial charge in [0.1, 0.15) is 12.4 Å². The predicted octanol–water partition coefficient (Wildman–Crippen LogP) is 1.66. The molecule has 0 aliphatic carbocycles. The third-order valence-electron chi connectivity index (χ3n) is 4.47. The van der Waals surface area contributed by atoms with Gasteiger partial charge in [-0.15, -0.1) is 10.2 Å². The van der Waals surface area contributed by atoms with Crippen LogP contribution in [0.1, 0.15) is 31.1 Å². The normalized spacial score (nSPS) is 18.2. The number of methoxy groups -OCH3 is 1. The van der Waals surface area contributed by atoms with Crippen LogP contribution in [0, 0.1) is 0 Å². The molecule has 0 bridgehead atoms. The summed E-state index contributed by atoms with van der Waals surface area (Å²) in [6, 6.07) is 4.40. The largest absolute Gasteiger partial charge is 0.481 e. The molecule has 1 atom stereocenters. The number of pyridine rings is 1. The van der Waals surface area contributed by atoms with Crippen LogP contribution in [0.2, 0.25) is 0 Å². The van der Waals surface area contributed by atoms with E-state index in [2.05, 4.69) is 37.6 Å². The second-order valence-electron chi connectivity index (χ2n) is 6.02. The maximum absolute atomic E-state index is 5.50. The fourth-order valence-electron chi connectivity index (χ4n) is 3.11. The van der Waals surface area contributed by atoms with E-state index in [9.17, 15) is 0 Å². The van der Waals surface area contributed by atoms with Gasteiger partial charge in [0.2, 0.25) is 5.88 Å². The minimum absolute atomic E-state index is 0.375. The molecule has 0 spiro atoms. The van der Waals surface area contributed by atoms with Crippen molar-refractivity contribution in [1.82, 2.24) is 24.6 Å². The Hall–Kier alpha value is -1.99. The van der Waals surface area contributed by atoms with E-state index in [1.165, 1.54) is 0 Å². The first kappa shape index (κ1) is 16.9. The summed E-state index contributed by atoms with van der Waals surface area (Å²) in [7, 11) is 1.67. The van der Waals surface area contributed by atoms with Crippen molar-refractivity contribution in [2.45, 2.75) is 46.0 Å². The van der Waals surface area contributed by atoms with Gasteiger partial charge in [0.15, 0.2) is 5.82 Å². The van der Waals surface area contributed by atoms with Gasteiger partial charge < -0.3 is 14.0 Å². The zero-order valence-corrected chi connectivity index (χ0v) is 14.6. The number of ether oxygens (including phenoxy) is 2. The van der Waals surface area contributed by atoms with Crippen LogP contribution in [0.5, 0.6) is 5.88 Å². The van der Waals surface area contributed by atoms with Gasteiger partial charge in [0.05, 0.1) is 7.11 Å². The smallest absolute Gasteiger partial charge is 0.217 e. The van der Waals surface area contributed by atoms with E-state index in [0.717, 1.165) is 43.3 Å². The quantitative estimate of drug-likeness (QED) is 0.802. The van der Waals surface area contributed by atoms with E-state index >= 15 is 0 Å². The van der Waals surface area contributed by atoms with Gasteiger partial charge in [-0.3, -0.25) is 4.90 Å². The van der Waals surface area contributed by atoms with Gasteiger partial charge in [0.25, 0.3) is 0 Å². The molecule has 0 N–H and O–H groups in total. The molecule has 7 nitrogen and oxygen atoms in total. The summed E-state index contributed by atoms with van der Waals surface area (Å²) in [4.78, 5) is 6.74. The van der Waals surface area contributed by atoms with E-state index in [1.807, 2.05) is 13.0 Å². The lowest BCUT2D eigenvalue weighted by molar-refractivity contribution is 0.124. The number of aromatic nitrogens is 4. The fraction of sp³-hybridized carbons (Fsp3) is 0.588. The zero-order chi connectivity index (χ0) is 16.9. The molecule has 0 saturated heterocycles. The van der Waals surface area contributed by atoms with Crippen molar-refractivity contribution in [1.29, 1.82) is 0 Å². The van der Waals surface area contributed by atoms with Crippen LogP contribution in [0.4, 0.5) is 0 Å². The molecular formula is C17H25N5O2. The Bertz CT molecular complexity index is 673. The van der Waals surface area contributed by atoms with Crippen molar-refractivity contribution < 1.29 is 9.47 Å². The second-order valence-corrected chi connectivity index (χ2v) is 6.02. The first-order chi connectivity index (χ1) is 11.7. The second kappa shape index (κ2) is 7.72. The summed E-state index contributed by atoms with van der Waals surface area (Å²) < 4.78 is 13.1. The minimum Gasteiger partial charge on any atom is -0.481 e. The topological polar surface area (TPSA) is 65.3 Å². The Kier molecular flexibility index (Phi) is 5.42. The average Bonchev–Trinajstić information content (AvgIpc) is 2.90. The summed E-state index contributed by atoms with van der Waals surface area (Å²) in [6.07, 6.45) is 2.64. The van der Waals surface area contributed by atoms with E-state index in [-0.39, 0.29) is 0 Å². The molecule has 7 heteroatoms. The Labute approximate surface area is 142 Å². The van der Waals surface area contributed by atoms with Crippen LogP contribution in [0.3, 0.4) is 0 Å². The highest BCUT2D eigenvalue weighted by Gasteiger charge is 2.24.